The molecular formula is C62H42N2S. The Morgan fingerprint density at radius 3 is 1.15 bits per heavy atom. The molecule has 0 spiro atoms. The van der Waals surface area contributed by atoms with Crippen molar-refractivity contribution < 1.29 is 0 Å². The van der Waals surface area contributed by atoms with Gasteiger partial charge in [-0.05, 0) is 122 Å². The summed E-state index contributed by atoms with van der Waals surface area (Å²) >= 11 is 1.86. The summed E-state index contributed by atoms with van der Waals surface area (Å²) in [6.07, 6.45) is 0. The highest BCUT2D eigenvalue weighted by molar-refractivity contribution is 7.25. The molecule has 1 aromatic heterocycles. The molecule has 65 heavy (non-hydrogen) atoms. The normalized spacial score (nSPS) is 11.4. The summed E-state index contributed by atoms with van der Waals surface area (Å²) in [6, 6.07) is 92.6. The Bertz CT molecular complexity index is 3530. The van der Waals surface area contributed by atoms with E-state index in [9.17, 15) is 0 Å². The van der Waals surface area contributed by atoms with Crippen LogP contribution in [-0.4, -0.2) is 0 Å². The molecule has 0 bridgehead atoms. The van der Waals surface area contributed by atoms with Crippen LogP contribution in [0.2, 0.25) is 0 Å². The van der Waals surface area contributed by atoms with Gasteiger partial charge in [-0.2, -0.15) is 0 Å². The molecule has 1 heterocycles. The highest BCUT2D eigenvalue weighted by Gasteiger charge is 2.20. The van der Waals surface area contributed by atoms with Crippen molar-refractivity contribution in [3.8, 4) is 33.4 Å². The van der Waals surface area contributed by atoms with Crippen molar-refractivity contribution in [2.45, 2.75) is 0 Å². The Morgan fingerprint density at radius 2 is 0.615 bits per heavy atom. The summed E-state index contributed by atoms with van der Waals surface area (Å²) in [7, 11) is 0. The van der Waals surface area contributed by atoms with Gasteiger partial charge < -0.3 is 9.80 Å². The fourth-order valence-electron chi connectivity index (χ4n) is 9.42. The maximum absolute atomic E-state index is 2.44. The lowest BCUT2D eigenvalue weighted by Gasteiger charge is -2.28. The van der Waals surface area contributed by atoms with Gasteiger partial charge >= 0.3 is 0 Å². The molecule has 0 saturated heterocycles. The van der Waals surface area contributed by atoms with E-state index in [0.717, 1.165) is 45.3 Å². The molecule has 0 fully saturated rings. The number of hydrogen-bond acceptors (Lipinski definition) is 3. The predicted molar refractivity (Wildman–Crippen MR) is 280 cm³/mol. The van der Waals surface area contributed by atoms with Crippen LogP contribution in [0.25, 0.3) is 75.1 Å². The summed E-state index contributed by atoms with van der Waals surface area (Å²) in [5.74, 6) is 0. The first-order valence-electron chi connectivity index (χ1n) is 22.2. The Kier molecular flexibility index (Phi) is 9.74. The zero-order valence-electron chi connectivity index (χ0n) is 35.6. The first-order chi connectivity index (χ1) is 32.2. The predicted octanol–water partition coefficient (Wildman–Crippen LogP) is 18.3. The molecule has 3 heteroatoms. The van der Waals surface area contributed by atoms with Gasteiger partial charge in [-0.1, -0.05) is 182 Å². The van der Waals surface area contributed by atoms with Gasteiger partial charge in [-0.15, -0.1) is 11.3 Å². The Hall–Kier alpha value is -8.24. The van der Waals surface area contributed by atoms with Crippen LogP contribution in [0.5, 0.6) is 0 Å². The number of fused-ring (bicyclic) bond motifs is 6. The van der Waals surface area contributed by atoms with Crippen molar-refractivity contribution >= 4 is 87.2 Å². The molecule has 11 aromatic carbocycles. The van der Waals surface area contributed by atoms with Crippen LogP contribution in [0.3, 0.4) is 0 Å². The molecule has 12 aromatic rings. The molecule has 0 aliphatic carbocycles. The second-order valence-corrected chi connectivity index (χ2v) is 17.6. The van der Waals surface area contributed by atoms with Crippen molar-refractivity contribution in [1.29, 1.82) is 0 Å². The molecule has 0 saturated carbocycles. The summed E-state index contributed by atoms with van der Waals surface area (Å²) in [6.45, 7) is 0. The van der Waals surface area contributed by atoms with E-state index in [-0.39, 0.29) is 0 Å². The Labute approximate surface area is 383 Å². The molecule has 306 valence electrons. The van der Waals surface area contributed by atoms with Gasteiger partial charge in [0, 0.05) is 54.0 Å². The number of rotatable bonds is 9. The van der Waals surface area contributed by atoms with Crippen molar-refractivity contribution in [3.63, 3.8) is 0 Å². The van der Waals surface area contributed by atoms with E-state index in [2.05, 4.69) is 265 Å². The fourth-order valence-corrected chi connectivity index (χ4v) is 10.6. The van der Waals surface area contributed by atoms with Gasteiger partial charge in [-0.3, -0.25) is 0 Å². The molecule has 0 aliphatic heterocycles. The monoisotopic (exact) mass is 846 g/mol. The van der Waals surface area contributed by atoms with Gasteiger partial charge in [0.25, 0.3) is 0 Å². The number of anilines is 6. The summed E-state index contributed by atoms with van der Waals surface area (Å²) < 4.78 is 2.59. The molecule has 12 rings (SSSR count). The quantitative estimate of drug-likeness (QED) is 0.134. The maximum atomic E-state index is 2.44. The molecule has 0 aliphatic rings. The lowest BCUT2D eigenvalue weighted by molar-refractivity contribution is 1.28. The van der Waals surface area contributed by atoms with E-state index in [0.29, 0.717) is 0 Å². The number of nitrogens with zero attached hydrogens (tertiary/aromatic N) is 2. The molecular weight excluding hydrogens is 805 g/mol. The van der Waals surface area contributed by atoms with Crippen LogP contribution >= 0.6 is 11.3 Å². The van der Waals surface area contributed by atoms with Gasteiger partial charge in [0.2, 0.25) is 0 Å². The lowest BCUT2D eigenvalue weighted by Crippen LogP contribution is -2.10. The third-order valence-corrected chi connectivity index (χ3v) is 13.8. The van der Waals surface area contributed by atoms with Crippen LogP contribution in [0, 0.1) is 0 Å². The van der Waals surface area contributed by atoms with Gasteiger partial charge in [0.15, 0.2) is 0 Å². The minimum Gasteiger partial charge on any atom is -0.311 e. The largest absolute Gasteiger partial charge is 0.311 e. The number of benzene rings is 11. The number of hydrogen-bond donors (Lipinski definition) is 0. The molecule has 0 N–H and O–H groups in total. The van der Waals surface area contributed by atoms with Crippen molar-refractivity contribution in [3.05, 3.63) is 255 Å². The van der Waals surface area contributed by atoms with Crippen LogP contribution < -0.4 is 9.80 Å². The Morgan fingerprint density at radius 1 is 0.231 bits per heavy atom. The molecule has 0 radical (unpaired) electrons. The summed E-state index contributed by atoms with van der Waals surface area (Å²) in [4.78, 5) is 4.78. The third-order valence-electron chi connectivity index (χ3n) is 12.7. The molecule has 2 nitrogen and oxygen atoms in total. The molecule has 0 atom stereocenters. The first-order valence-corrected chi connectivity index (χ1v) is 23.0. The maximum Gasteiger partial charge on any atom is 0.0546 e. The summed E-state index contributed by atoms with van der Waals surface area (Å²) in [5, 5.41) is 7.55. The average molecular weight is 847 g/mol. The van der Waals surface area contributed by atoms with Crippen molar-refractivity contribution in [1.82, 2.24) is 0 Å². The van der Waals surface area contributed by atoms with Crippen molar-refractivity contribution in [2.24, 2.45) is 0 Å². The van der Waals surface area contributed by atoms with E-state index in [1.807, 2.05) is 11.3 Å². The van der Waals surface area contributed by atoms with Crippen LogP contribution in [0.4, 0.5) is 34.1 Å². The minimum atomic E-state index is 1.09. The second kappa shape index (κ2) is 16.5. The molecule has 0 unspecified atom stereocenters. The average Bonchev–Trinajstić information content (AvgIpc) is 3.76. The highest BCUT2D eigenvalue weighted by atomic mass is 32.1. The lowest BCUT2D eigenvalue weighted by atomic mass is 9.98. The highest BCUT2D eigenvalue weighted by Crippen LogP contribution is 2.45. The van der Waals surface area contributed by atoms with E-state index >= 15 is 0 Å². The van der Waals surface area contributed by atoms with E-state index < -0.39 is 0 Å². The van der Waals surface area contributed by atoms with Gasteiger partial charge in [-0.25, -0.2) is 0 Å². The van der Waals surface area contributed by atoms with Crippen LogP contribution in [-0.2, 0) is 0 Å². The standard InChI is InChI=1S/C62H42N2S/c1-3-13-43(14-4-1)45-23-31-50(32-24-45)63(51-33-25-46(26-34-51)44-15-5-2-6-16-44)52-35-27-47(28-36-52)48-29-37-53(38-30-48)64(54-39-40-59-58-21-11-12-22-61(58)65-62(59)42-54)60-41-49-17-7-8-18-55(49)56-19-9-10-20-57(56)60/h1-42H. The minimum absolute atomic E-state index is 1.09. The zero-order valence-corrected chi connectivity index (χ0v) is 36.4. The first kappa shape index (κ1) is 38.4. The van der Waals surface area contributed by atoms with Crippen LogP contribution in [0.15, 0.2) is 255 Å². The van der Waals surface area contributed by atoms with Crippen LogP contribution in [0.1, 0.15) is 0 Å². The topological polar surface area (TPSA) is 6.48 Å². The number of thiophene rings is 1. The Balaban J connectivity index is 0.920. The molecule has 0 amide bonds. The zero-order chi connectivity index (χ0) is 43.1. The van der Waals surface area contributed by atoms with Gasteiger partial charge in [0.05, 0.1) is 5.69 Å². The van der Waals surface area contributed by atoms with E-state index in [1.165, 1.54) is 64.0 Å². The smallest absolute Gasteiger partial charge is 0.0546 e. The van der Waals surface area contributed by atoms with E-state index in [4.69, 9.17) is 0 Å². The fraction of sp³-hybridized carbons (Fsp3) is 0. The summed E-state index contributed by atoms with van der Waals surface area (Å²) in [5.41, 5.74) is 13.8. The SMILES string of the molecule is c1ccc(-c2ccc(N(c3ccc(-c4ccccc4)cc3)c3ccc(-c4ccc(N(c5ccc6c(c5)sc5ccccc56)c5cc6ccccc6c6ccccc56)cc4)cc3)cc2)cc1. The second-order valence-electron chi connectivity index (χ2n) is 16.5. The van der Waals surface area contributed by atoms with Crippen molar-refractivity contribution in [2.75, 3.05) is 9.80 Å². The third kappa shape index (κ3) is 7.19. The van der Waals surface area contributed by atoms with E-state index in [1.54, 1.807) is 0 Å². The van der Waals surface area contributed by atoms with Gasteiger partial charge in [0.1, 0.15) is 0 Å².